The summed E-state index contributed by atoms with van der Waals surface area (Å²) in [5, 5.41) is 10.3. The van der Waals surface area contributed by atoms with Crippen LogP contribution in [0.1, 0.15) is 53.9 Å². The molecule has 0 atom stereocenters. The molecule has 3 amide bonds. The predicted molar refractivity (Wildman–Crippen MR) is 105 cm³/mol. The Morgan fingerprint density at radius 1 is 1.15 bits per heavy atom. The molecule has 5 heteroatoms. The van der Waals surface area contributed by atoms with Crippen molar-refractivity contribution < 1.29 is 14.8 Å². The normalized spacial score (nSPS) is 18.5. The number of allylic oxidation sites excluding steroid dienone is 9. The standard InChI is InChI=1S/C21H30N2O3/c1-15(11-12-18-17(3)10-7-13-21(18,4)5)8-6-9-16(2)14-19(24)22-20(25)23-26/h6,8-9,11-12,14,26H,7,10,13H2,1-5H3,(H2,22,23,24,25)/b9-6+,12-11+,15-8+,16-14+. The van der Waals surface area contributed by atoms with Gasteiger partial charge in [0, 0.05) is 6.08 Å². The Balaban J connectivity index is 2.72. The van der Waals surface area contributed by atoms with Crippen molar-refractivity contribution in [3.8, 4) is 0 Å². The van der Waals surface area contributed by atoms with Gasteiger partial charge in [-0.2, -0.15) is 0 Å². The first kappa shape index (κ1) is 21.6. The van der Waals surface area contributed by atoms with Crippen LogP contribution in [0, 0.1) is 5.41 Å². The molecule has 142 valence electrons. The molecule has 0 unspecified atom stereocenters. The average molecular weight is 358 g/mol. The summed E-state index contributed by atoms with van der Waals surface area (Å²) in [4.78, 5) is 22.3. The van der Waals surface area contributed by atoms with Crippen LogP contribution in [-0.2, 0) is 4.79 Å². The Hall–Kier alpha value is -2.40. The van der Waals surface area contributed by atoms with E-state index in [2.05, 4.69) is 32.9 Å². The smallest absolute Gasteiger partial charge is 0.287 e. The molecular formula is C21H30N2O3. The second-order valence-corrected chi connectivity index (χ2v) is 7.35. The van der Waals surface area contributed by atoms with Gasteiger partial charge in [-0.25, -0.2) is 10.3 Å². The molecule has 26 heavy (non-hydrogen) atoms. The molecule has 0 fully saturated rings. The molecule has 3 N–H and O–H groups in total. The minimum absolute atomic E-state index is 0.225. The lowest BCUT2D eigenvalue weighted by Crippen LogP contribution is -2.36. The van der Waals surface area contributed by atoms with Gasteiger partial charge in [0.25, 0.3) is 5.91 Å². The summed E-state index contributed by atoms with van der Waals surface area (Å²) in [5.74, 6) is -0.596. The third kappa shape index (κ3) is 7.23. The number of hydroxylamine groups is 1. The van der Waals surface area contributed by atoms with E-state index in [-0.39, 0.29) is 5.41 Å². The molecule has 1 aliphatic carbocycles. The zero-order chi connectivity index (χ0) is 19.7. The first-order chi connectivity index (χ1) is 12.2. The molecule has 5 nitrogen and oxygen atoms in total. The number of carbonyl (C=O) groups is 2. The molecular weight excluding hydrogens is 328 g/mol. The molecule has 0 aromatic heterocycles. The summed E-state index contributed by atoms with van der Waals surface area (Å²) in [7, 11) is 0. The van der Waals surface area contributed by atoms with Gasteiger partial charge in [-0.05, 0) is 56.6 Å². The highest BCUT2D eigenvalue weighted by Crippen LogP contribution is 2.40. The van der Waals surface area contributed by atoms with Crippen molar-refractivity contribution in [3.05, 3.63) is 58.7 Å². The molecule has 0 saturated carbocycles. The minimum Gasteiger partial charge on any atom is -0.287 e. The van der Waals surface area contributed by atoms with Gasteiger partial charge in [0.15, 0.2) is 0 Å². The summed E-state index contributed by atoms with van der Waals surface area (Å²) in [6.45, 7) is 10.6. The second kappa shape index (κ2) is 9.92. The maximum Gasteiger partial charge on any atom is 0.345 e. The molecule has 0 aromatic rings. The summed E-state index contributed by atoms with van der Waals surface area (Å²) in [6, 6.07) is -0.959. The van der Waals surface area contributed by atoms with Crippen molar-refractivity contribution >= 4 is 11.9 Å². The van der Waals surface area contributed by atoms with E-state index >= 15 is 0 Å². The van der Waals surface area contributed by atoms with Gasteiger partial charge >= 0.3 is 6.03 Å². The first-order valence-corrected chi connectivity index (χ1v) is 8.82. The van der Waals surface area contributed by atoms with Crippen molar-refractivity contribution in [1.29, 1.82) is 0 Å². The highest BCUT2D eigenvalue weighted by molar-refractivity contribution is 6.00. The Labute approximate surface area is 156 Å². The Bertz CT molecular complexity index is 692. The quantitative estimate of drug-likeness (QED) is 0.288. The van der Waals surface area contributed by atoms with Gasteiger partial charge in [-0.1, -0.05) is 55.4 Å². The summed E-state index contributed by atoms with van der Waals surface area (Å²) < 4.78 is 0. The Kier molecular flexibility index (Phi) is 8.26. The second-order valence-electron chi connectivity index (χ2n) is 7.35. The number of urea groups is 1. The Morgan fingerprint density at radius 3 is 2.46 bits per heavy atom. The van der Waals surface area contributed by atoms with Gasteiger partial charge in [-0.15, -0.1) is 0 Å². The van der Waals surface area contributed by atoms with E-state index in [0.29, 0.717) is 5.57 Å². The number of hydrogen-bond acceptors (Lipinski definition) is 3. The molecule has 0 spiro atoms. The lowest BCUT2D eigenvalue weighted by atomic mass is 9.72. The van der Waals surface area contributed by atoms with Crippen molar-refractivity contribution in [3.63, 3.8) is 0 Å². The number of hydrogen-bond donors (Lipinski definition) is 3. The van der Waals surface area contributed by atoms with Gasteiger partial charge in [0.1, 0.15) is 0 Å². The van der Waals surface area contributed by atoms with Crippen LogP contribution >= 0.6 is 0 Å². The van der Waals surface area contributed by atoms with Crippen LogP contribution in [0.5, 0.6) is 0 Å². The molecule has 1 rings (SSSR count). The topological polar surface area (TPSA) is 78.4 Å². The van der Waals surface area contributed by atoms with Crippen LogP contribution in [-0.4, -0.2) is 17.1 Å². The fourth-order valence-corrected chi connectivity index (χ4v) is 3.06. The minimum atomic E-state index is -0.959. The van der Waals surface area contributed by atoms with E-state index in [1.807, 2.05) is 24.4 Å². The zero-order valence-electron chi connectivity index (χ0n) is 16.3. The number of imide groups is 1. The van der Waals surface area contributed by atoms with Crippen molar-refractivity contribution in [1.82, 2.24) is 10.8 Å². The average Bonchev–Trinajstić information content (AvgIpc) is 2.53. The lowest BCUT2D eigenvalue weighted by molar-refractivity contribution is -0.115. The fraction of sp³-hybridized carbons (Fsp3) is 0.429. The summed E-state index contributed by atoms with van der Waals surface area (Å²) in [6.07, 6.45) is 14.9. The third-order valence-corrected chi connectivity index (χ3v) is 4.47. The molecule has 0 bridgehead atoms. The van der Waals surface area contributed by atoms with Gasteiger partial charge in [-0.3, -0.25) is 15.3 Å². The van der Waals surface area contributed by atoms with Crippen LogP contribution < -0.4 is 10.8 Å². The molecule has 0 radical (unpaired) electrons. The van der Waals surface area contributed by atoms with Crippen molar-refractivity contribution in [2.24, 2.45) is 5.41 Å². The SMILES string of the molecule is CC1=C(/C=C/C(C)=C/C=C/C(C)=C/C(=O)NC(=O)NO)C(C)(C)CCC1. The number of rotatable bonds is 5. The van der Waals surface area contributed by atoms with E-state index in [9.17, 15) is 9.59 Å². The zero-order valence-corrected chi connectivity index (χ0v) is 16.3. The number of carbonyl (C=O) groups excluding carboxylic acids is 2. The van der Waals surface area contributed by atoms with E-state index in [1.54, 1.807) is 13.0 Å². The molecule has 0 aliphatic heterocycles. The van der Waals surface area contributed by atoms with Crippen molar-refractivity contribution in [2.45, 2.75) is 53.9 Å². The summed E-state index contributed by atoms with van der Waals surface area (Å²) in [5.41, 5.74) is 6.26. The van der Waals surface area contributed by atoms with Crippen LogP contribution in [0.2, 0.25) is 0 Å². The highest BCUT2D eigenvalue weighted by atomic mass is 16.5. The highest BCUT2D eigenvalue weighted by Gasteiger charge is 2.26. The van der Waals surface area contributed by atoms with Gasteiger partial charge in [0.2, 0.25) is 0 Å². The maximum atomic E-state index is 11.5. The van der Waals surface area contributed by atoms with Crippen molar-refractivity contribution in [2.75, 3.05) is 0 Å². The lowest BCUT2D eigenvalue weighted by Gasteiger charge is -2.32. The summed E-state index contributed by atoms with van der Waals surface area (Å²) >= 11 is 0. The molecule has 0 heterocycles. The van der Waals surface area contributed by atoms with E-state index in [0.717, 1.165) is 5.57 Å². The predicted octanol–water partition coefficient (Wildman–Crippen LogP) is 4.73. The van der Waals surface area contributed by atoms with E-state index < -0.39 is 11.9 Å². The van der Waals surface area contributed by atoms with Gasteiger partial charge < -0.3 is 0 Å². The first-order valence-electron chi connectivity index (χ1n) is 8.82. The largest absolute Gasteiger partial charge is 0.345 e. The molecule has 0 saturated heterocycles. The van der Waals surface area contributed by atoms with E-state index in [4.69, 9.17) is 5.21 Å². The Morgan fingerprint density at radius 2 is 1.85 bits per heavy atom. The van der Waals surface area contributed by atoms with Crippen LogP contribution in [0.4, 0.5) is 4.79 Å². The molecule has 1 aliphatic rings. The van der Waals surface area contributed by atoms with Crippen LogP contribution in [0.3, 0.4) is 0 Å². The third-order valence-electron chi connectivity index (χ3n) is 4.47. The maximum absolute atomic E-state index is 11.5. The number of nitrogens with one attached hydrogen (secondary N) is 2. The number of amides is 3. The fourth-order valence-electron chi connectivity index (χ4n) is 3.06. The molecule has 0 aromatic carbocycles. The van der Waals surface area contributed by atoms with Crippen LogP contribution in [0.15, 0.2) is 58.7 Å². The van der Waals surface area contributed by atoms with Crippen LogP contribution in [0.25, 0.3) is 0 Å². The van der Waals surface area contributed by atoms with Gasteiger partial charge in [0.05, 0.1) is 0 Å². The van der Waals surface area contributed by atoms with E-state index in [1.165, 1.54) is 42.0 Å². The monoisotopic (exact) mass is 358 g/mol.